The van der Waals surface area contributed by atoms with Gasteiger partial charge in [-0.2, -0.15) is 0 Å². The summed E-state index contributed by atoms with van der Waals surface area (Å²) in [6.07, 6.45) is 0. The van der Waals surface area contributed by atoms with Crippen molar-refractivity contribution in [1.29, 1.82) is 0 Å². The van der Waals surface area contributed by atoms with Crippen LogP contribution in [0.3, 0.4) is 0 Å². The Morgan fingerprint density at radius 2 is 1.75 bits per heavy atom. The molecule has 1 radical (unpaired) electrons. The van der Waals surface area contributed by atoms with Gasteiger partial charge in [0.2, 0.25) is 0 Å². The average Bonchev–Trinajstić information content (AvgIpc) is 0.918. The SMILES string of the molecule is C[O][AlH2].[Na]. The van der Waals surface area contributed by atoms with Crippen molar-refractivity contribution in [3.05, 3.63) is 0 Å². The Balaban J connectivity index is 0. The van der Waals surface area contributed by atoms with Crippen LogP contribution in [0.5, 0.6) is 0 Å². The maximum atomic E-state index is 4.39. The molecule has 0 unspecified atom stereocenters. The third-order valence-electron chi connectivity index (χ3n) is 0. The van der Waals surface area contributed by atoms with E-state index < -0.39 is 0 Å². The van der Waals surface area contributed by atoms with Gasteiger partial charge < -0.3 is 3.79 Å². The largest absolute Gasteiger partial charge is 0.508 e. The Hall–Kier alpha value is 1.49. The van der Waals surface area contributed by atoms with E-state index in [9.17, 15) is 0 Å². The molecule has 0 spiro atoms. The fourth-order valence-electron chi connectivity index (χ4n) is 0. The normalized spacial score (nSPS) is 4.25. The van der Waals surface area contributed by atoms with Crippen molar-refractivity contribution in [2.45, 2.75) is 0 Å². The Bertz CT molecular complexity index is 8.00. The maximum Gasteiger partial charge on any atom is 0.409 e. The van der Waals surface area contributed by atoms with Crippen LogP contribution >= 0.6 is 0 Å². The first-order chi connectivity index (χ1) is 1.41. The molecule has 0 aromatic heterocycles. The second-order valence-electron chi connectivity index (χ2n) is 0.408. The Labute approximate surface area is 56.8 Å². The Morgan fingerprint density at radius 1 is 1.75 bits per heavy atom. The van der Waals surface area contributed by atoms with Crippen LogP contribution in [0.4, 0.5) is 0 Å². The fourth-order valence-corrected chi connectivity index (χ4v) is 0. The molecule has 0 fully saturated rings. The first-order valence-electron chi connectivity index (χ1n) is 0.816. The first kappa shape index (κ1) is 9.09. The third kappa shape index (κ3) is 9.74. The van der Waals surface area contributed by atoms with E-state index in [1.807, 2.05) is 0 Å². The van der Waals surface area contributed by atoms with Gasteiger partial charge in [0.15, 0.2) is 0 Å². The zero-order valence-corrected chi connectivity index (χ0v) is 7.41. The van der Waals surface area contributed by atoms with Crippen molar-refractivity contribution < 1.29 is 3.79 Å². The van der Waals surface area contributed by atoms with Crippen molar-refractivity contribution >= 4 is 46.2 Å². The van der Waals surface area contributed by atoms with Gasteiger partial charge in [0.05, 0.1) is 0 Å². The topological polar surface area (TPSA) is 9.23 Å². The molecule has 0 aromatic carbocycles. The summed E-state index contributed by atoms with van der Waals surface area (Å²) in [5, 5.41) is 0. The summed E-state index contributed by atoms with van der Waals surface area (Å²) >= 11 is 0.869. The molecular weight excluding hydrogens is 78.0 g/mol. The van der Waals surface area contributed by atoms with E-state index in [0.717, 1.165) is 16.6 Å². The van der Waals surface area contributed by atoms with E-state index in [2.05, 4.69) is 3.79 Å². The van der Waals surface area contributed by atoms with Crippen LogP contribution in [0, 0.1) is 0 Å². The molecule has 0 aliphatic rings. The van der Waals surface area contributed by atoms with Gasteiger partial charge in [-0.3, -0.25) is 0 Å². The van der Waals surface area contributed by atoms with Crippen LogP contribution in [0.1, 0.15) is 0 Å². The van der Waals surface area contributed by atoms with Gasteiger partial charge in [0, 0.05) is 36.7 Å². The molecule has 0 N–H and O–H groups in total. The Kier molecular flexibility index (Phi) is 20.0. The fraction of sp³-hybridized carbons (Fsp3) is 1.00. The minimum atomic E-state index is 0. The molecule has 0 aromatic rings. The third-order valence-corrected chi connectivity index (χ3v) is 0. The van der Waals surface area contributed by atoms with E-state index in [1.165, 1.54) is 0 Å². The predicted octanol–water partition coefficient (Wildman–Crippen LogP) is -1.20. The van der Waals surface area contributed by atoms with Gasteiger partial charge in [0.1, 0.15) is 0 Å². The zero-order chi connectivity index (χ0) is 2.71. The van der Waals surface area contributed by atoms with Gasteiger partial charge in [-0.05, 0) is 0 Å². The Morgan fingerprint density at radius 3 is 1.75 bits per heavy atom. The quantitative estimate of drug-likeness (QED) is 0.334. The number of hydrogen-bond acceptors (Lipinski definition) is 1. The minimum Gasteiger partial charge on any atom is -0.508 e. The van der Waals surface area contributed by atoms with Crippen molar-refractivity contribution in [2.75, 3.05) is 7.11 Å². The van der Waals surface area contributed by atoms with Crippen LogP contribution in [-0.2, 0) is 3.79 Å². The molecule has 4 heavy (non-hydrogen) atoms. The smallest absolute Gasteiger partial charge is 0.409 e. The summed E-state index contributed by atoms with van der Waals surface area (Å²) in [5.41, 5.74) is 0. The van der Waals surface area contributed by atoms with Crippen LogP contribution in [0.25, 0.3) is 0 Å². The van der Waals surface area contributed by atoms with Crippen molar-refractivity contribution in [3.8, 4) is 0 Å². The summed E-state index contributed by atoms with van der Waals surface area (Å²) in [6, 6.07) is 0. The maximum absolute atomic E-state index is 4.39. The summed E-state index contributed by atoms with van der Waals surface area (Å²) in [6.45, 7) is 0. The van der Waals surface area contributed by atoms with Crippen molar-refractivity contribution in [1.82, 2.24) is 0 Å². The van der Waals surface area contributed by atoms with Gasteiger partial charge in [0.25, 0.3) is 0 Å². The predicted molar refractivity (Wildman–Crippen MR) is 21.3 cm³/mol. The van der Waals surface area contributed by atoms with E-state index in [1.54, 1.807) is 7.11 Å². The second kappa shape index (κ2) is 8.82. The van der Waals surface area contributed by atoms with Gasteiger partial charge in [-0.1, -0.05) is 0 Å². The zero-order valence-electron chi connectivity index (χ0n) is 3.41. The van der Waals surface area contributed by atoms with Gasteiger partial charge >= 0.3 is 16.6 Å². The van der Waals surface area contributed by atoms with Crippen LogP contribution in [0.2, 0.25) is 0 Å². The van der Waals surface area contributed by atoms with E-state index in [4.69, 9.17) is 0 Å². The summed E-state index contributed by atoms with van der Waals surface area (Å²) in [5.74, 6) is 0. The molecule has 0 saturated carbocycles. The number of hydrogen-bond donors (Lipinski definition) is 0. The molecule has 0 saturated heterocycles. The molecule has 0 atom stereocenters. The second-order valence-corrected chi connectivity index (χ2v) is 1.22. The van der Waals surface area contributed by atoms with Crippen LogP contribution in [-0.4, -0.2) is 53.3 Å². The average molecular weight is 83.0 g/mol. The first-order valence-corrected chi connectivity index (χ1v) is 1.63. The van der Waals surface area contributed by atoms with Crippen LogP contribution < -0.4 is 0 Å². The van der Waals surface area contributed by atoms with E-state index >= 15 is 0 Å². The summed E-state index contributed by atoms with van der Waals surface area (Å²) in [7, 11) is 1.69. The molecule has 19 valence electrons. The molecule has 0 bridgehead atoms. The van der Waals surface area contributed by atoms with Crippen molar-refractivity contribution in [3.63, 3.8) is 0 Å². The van der Waals surface area contributed by atoms with E-state index in [0.29, 0.717) is 0 Å². The molecule has 0 aliphatic heterocycles. The molecule has 0 heterocycles. The molecule has 0 aliphatic carbocycles. The van der Waals surface area contributed by atoms with Gasteiger partial charge in [-0.25, -0.2) is 0 Å². The van der Waals surface area contributed by atoms with E-state index in [-0.39, 0.29) is 29.6 Å². The summed E-state index contributed by atoms with van der Waals surface area (Å²) in [4.78, 5) is 0. The summed E-state index contributed by atoms with van der Waals surface area (Å²) < 4.78 is 4.39. The molecular formula is CH5AlNaO. The molecule has 0 amide bonds. The van der Waals surface area contributed by atoms with Gasteiger partial charge in [-0.15, -0.1) is 0 Å². The van der Waals surface area contributed by atoms with Crippen LogP contribution in [0.15, 0.2) is 0 Å². The number of rotatable bonds is 0. The minimum absolute atomic E-state index is 0. The standard InChI is InChI=1S/CH3O.Al.Na.2H/c1-2;;;;/h1H3;;;;/q-1;+1;;;. The van der Waals surface area contributed by atoms with Crippen molar-refractivity contribution in [2.24, 2.45) is 0 Å². The molecule has 1 nitrogen and oxygen atoms in total. The molecule has 0 rings (SSSR count). The monoisotopic (exact) mass is 83.0 g/mol. The molecule has 3 heteroatoms.